The minimum atomic E-state index is -3.98. The van der Waals surface area contributed by atoms with Gasteiger partial charge in [0.25, 0.3) is 7.52 Å². The molecule has 3 rings (SSSR count). The van der Waals surface area contributed by atoms with E-state index in [1.807, 2.05) is 0 Å². The predicted molar refractivity (Wildman–Crippen MR) is 131 cm³/mol. The maximum absolute atomic E-state index is 14.0. The Kier molecular flexibility index (Phi) is 9.04. The molecule has 1 saturated carbocycles. The molecule has 0 saturated heterocycles. The van der Waals surface area contributed by atoms with Gasteiger partial charge in [-0.3, -0.25) is 9.36 Å². The van der Waals surface area contributed by atoms with Crippen LogP contribution < -0.4 is 10.8 Å². The number of nitrogen functional groups attached to an aromatic ring is 1. The molecule has 2 aromatic heterocycles. The molecule has 3 atom stereocenters. The van der Waals surface area contributed by atoms with E-state index in [0.717, 1.165) is 6.42 Å². The van der Waals surface area contributed by atoms with Crippen LogP contribution in [0.3, 0.4) is 0 Å². The summed E-state index contributed by atoms with van der Waals surface area (Å²) in [5.41, 5.74) is 5.38. The van der Waals surface area contributed by atoms with Crippen molar-refractivity contribution in [2.24, 2.45) is 0 Å². The third kappa shape index (κ3) is 6.78. The number of aliphatic carboxylic acids is 1. The highest BCUT2D eigenvalue weighted by molar-refractivity contribution is 7.56. The number of fused-ring (bicyclic) bond motifs is 1. The highest BCUT2D eigenvalue weighted by Crippen LogP contribution is 2.49. The Labute approximate surface area is 209 Å². The minimum Gasteiger partial charge on any atom is -0.480 e. The van der Waals surface area contributed by atoms with Crippen molar-refractivity contribution >= 4 is 36.4 Å². The Hall–Kier alpha value is -2.60. The van der Waals surface area contributed by atoms with E-state index >= 15 is 0 Å². The number of carbonyl (C=O) groups is 2. The molecule has 2 heterocycles. The fourth-order valence-corrected chi connectivity index (χ4v) is 6.36. The number of nitrogens with two attached hydrogens (primary N) is 1. The lowest BCUT2D eigenvalue weighted by molar-refractivity contribution is -0.155. The molecular formula is C22H35N6O7P. The molecule has 0 aromatic carbocycles. The van der Waals surface area contributed by atoms with Crippen molar-refractivity contribution in [3.8, 4) is 0 Å². The highest BCUT2D eigenvalue weighted by Gasteiger charge is 2.46. The molecule has 1 aliphatic carbocycles. The summed E-state index contributed by atoms with van der Waals surface area (Å²) in [6, 6.07) is 0. The van der Waals surface area contributed by atoms with Gasteiger partial charge in [-0.1, -0.05) is 19.3 Å². The van der Waals surface area contributed by atoms with Gasteiger partial charge < -0.3 is 29.4 Å². The Balaban J connectivity index is 1.76. The van der Waals surface area contributed by atoms with Crippen molar-refractivity contribution in [2.75, 3.05) is 12.1 Å². The van der Waals surface area contributed by atoms with Crippen LogP contribution in [0, 0.1) is 0 Å². The van der Waals surface area contributed by atoms with Gasteiger partial charge in [0, 0.05) is 0 Å². The number of esters is 1. The normalized spacial score (nSPS) is 19.0. The van der Waals surface area contributed by atoms with E-state index in [2.05, 4.69) is 20.0 Å². The number of imidazole rings is 1. The zero-order valence-corrected chi connectivity index (χ0v) is 21.9. The molecule has 0 aliphatic heterocycles. The second-order valence-electron chi connectivity index (χ2n) is 9.40. The summed E-state index contributed by atoms with van der Waals surface area (Å²) >= 11 is 0. The number of carboxylic acids is 1. The maximum atomic E-state index is 14.0. The smallest absolute Gasteiger partial charge is 0.335 e. The summed E-state index contributed by atoms with van der Waals surface area (Å²) in [5.74, 6) is -1.56. The first-order valence-corrected chi connectivity index (χ1v) is 13.8. The summed E-state index contributed by atoms with van der Waals surface area (Å²) < 4.78 is 32.4. The summed E-state index contributed by atoms with van der Waals surface area (Å²) in [6.07, 6.45) is 3.15. The average molecular weight is 527 g/mol. The Morgan fingerprint density at radius 3 is 2.53 bits per heavy atom. The molecule has 13 nitrogen and oxygen atoms in total. The van der Waals surface area contributed by atoms with Crippen LogP contribution in [0.4, 0.5) is 5.82 Å². The monoisotopic (exact) mass is 526 g/mol. The van der Waals surface area contributed by atoms with Gasteiger partial charge >= 0.3 is 11.9 Å². The lowest BCUT2D eigenvalue weighted by Crippen LogP contribution is -2.52. The number of aromatic nitrogens is 4. The van der Waals surface area contributed by atoms with Crippen LogP contribution in [0.15, 0.2) is 12.7 Å². The SMILES string of the molecule is CC(C)OC(=O)C(C)OP(=O)(COC(C)Cn1cnc2c(N)ncnc21)NC1(C(=O)O)CCCCC1. The van der Waals surface area contributed by atoms with E-state index in [0.29, 0.717) is 30.6 Å². The molecule has 4 N–H and O–H groups in total. The summed E-state index contributed by atoms with van der Waals surface area (Å²) in [6.45, 7) is 6.84. The van der Waals surface area contributed by atoms with Crippen LogP contribution in [0.5, 0.6) is 0 Å². The molecule has 3 unspecified atom stereocenters. The zero-order chi connectivity index (χ0) is 26.5. The van der Waals surface area contributed by atoms with Gasteiger partial charge in [0.05, 0.1) is 25.1 Å². The van der Waals surface area contributed by atoms with Crippen LogP contribution in [0.2, 0.25) is 0 Å². The lowest BCUT2D eigenvalue weighted by atomic mass is 9.83. The average Bonchev–Trinajstić information content (AvgIpc) is 3.22. The van der Waals surface area contributed by atoms with E-state index in [9.17, 15) is 19.3 Å². The van der Waals surface area contributed by atoms with Crippen LogP contribution in [0.25, 0.3) is 11.2 Å². The van der Waals surface area contributed by atoms with Gasteiger partial charge in [0.2, 0.25) is 0 Å². The molecule has 0 radical (unpaired) electrons. The van der Waals surface area contributed by atoms with Crippen molar-refractivity contribution in [2.45, 2.75) is 90.2 Å². The summed E-state index contributed by atoms with van der Waals surface area (Å²) in [4.78, 5) is 36.9. The molecule has 1 aliphatic rings. The van der Waals surface area contributed by atoms with Gasteiger partial charge in [0.15, 0.2) is 17.6 Å². The topological polar surface area (TPSA) is 181 Å². The number of rotatable bonds is 12. The molecule has 1 fully saturated rings. The van der Waals surface area contributed by atoms with Gasteiger partial charge in [-0.2, -0.15) is 0 Å². The van der Waals surface area contributed by atoms with Gasteiger partial charge in [-0.05, 0) is 40.5 Å². The summed E-state index contributed by atoms with van der Waals surface area (Å²) in [7, 11) is -3.98. The van der Waals surface area contributed by atoms with Crippen molar-refractivity contribution < 1.29 is 33.3 Å². The molecule has 36 heavy (non-hydrogen) atoms. The van der Waals surface area contributed by atoms with E-state index in [1.165, 1.54) is 13.3 Å². The molecule has 2 aromatic rings. The van der Waals surface area contributed by atoms with E-state index < -0.39 is 49.7 Å². The third-order valence-electron chi connectivity index (χ3n) is 5.93. The van der Waals surface area contributed by atoms with E-state index in [1.54, 1.807) is 31.7 Å². The number of nitrogens with one attached hydrogen (secondary N) is 1. The number of nitrogens with zero attached hydrogens (tertiary/aromatic N) is 4. The zero-order valence-electron chi connectivity index (χ0n) is 21.0. The summed E-state index contributed by atoms with van der Waals surface area (Å²) in [5, 5.41) is 12.8. The second-order valence-corrected chi connectivity index (χ2v) is 11.4. The number of carboxylic acid groups (broad SMARTS) is 1. The van der Waals surface area contributed by atoms with Crippen molar-refractivity contribution in [1.82, 2.24) is 24.6 Å². The molecule has 0 amide bonds. The first kappa shape index (κ1) is 28.0. The third-order valence-corrected chi connectivity index (χ3v) is 7.84. The molecule has 0 spiro atoms. The number of carbonyl (C=O) groups excluding carboxylic acids is 1. The van der Waals surface area contributed by atoms with Crippen molar-refractivity contribution in [3.63, 3.8) is 0 Å². The quantitative estimate of drug-likeness (QED) is 0.272. The largest absolute Gasteiger partial charge is 0.480 e. The van der Waals surface area contributed by atoms with E-state index in [4.69, 9.17) is 19.7 Å². The number of hydrogen-bond donors (Lipinski definition) is 3. The molecular weight excluding hydrogens is 491 g/mol. The van der Waals surface area contributed by atoms with Crippen molar-refractivity contribution in [3.05, 3.63) is 12.7 Å². The number of anilines is 1. The van der Waals surface area contributed by atoms with Crippen molar-refractivity contribution in [1.29, 1.82) is 0 Å². The number of hydrogen-bond acceptors (Lipinski definition) is 10. The van der Waals surface area contributed by atoms with Gasteiger partial charge in [-0.15, -0.1) is 0 Å². The highest BCUT2D eigenvalue weighted by atomic mass is 31.2. The van der Waals surface area contributed by atoms with Crippen LogP contribution in [0.1, 0.15) is 59.8 Å². The predicted octanol–water partition coefficient (Wildman–Crippen LogP) is 2.70. The van der Waals surface area contributed by atoms with Crippen LogP contribution in [-0.4, -0.2) is 66.8 Å². The van der Waals surface area contributed by atoms with Gasteiger partial charge in [-0.25, -0.2) is 24.8 Å². The first-order chi connectivity index (χ1) is 16.9. The Bertz CT molecular complexity index is 1120. The molecule has 200 valence electrons. The molecule has 0 bridgehead atoms. The first-order valence-electron chi connectivity index (χ1n) is 12.0. The lowest BCUT2D eigenvalue weighted by Gasteiger charge is -2.37. The fraction of sp³-hybridized carbons (Fsp3) is 0.682. The number of ether oxygens (including phenoxy) is 2. The van der Waals surface area contributed by atoms with Crippen LogP contribution in [-0.2, 0) is 34.7 Å². The standard InChI is InChI=1S/C22H35N6O7P/c1-14(2)34-20(29)16(4)35-36(32,27-22(21(30)31)8-6-5-7-9-22)13-33-15(3)10-28-12-26-17-18(23)24-11-25-19(17)28/h11-12,14-16H,5-10,13H2,1-4H3,(H,27,32)(H,30,31)(H2,23,24,25). The maximum Gasteiger partial charge on any atom is 0.335 e. The Morgan fingerprint density at radius 2 is 1.89 bits per heavy atom. The van der Waals surface area contributed by atoms with Crippen LogP contribution >= 0.6 is 7.52 Å². The van der Waals surface area contributed by atoms with Gasteiger partial charge in [0.1, 0.15) is 23.7 Å². The Morgan fingerprint density at radius 1 is 1.19 bits per heavy atom. The van der Waals surface area contributed by atoms with E-state index in [-0.39, 0.29) is 18.7 Å². The molecule has 14 heteroatoms. The second kappa shape index (κ2) is 11.6. The fourth-order valence-electron chi connectivity index (χ4n) is 4.16. The minimum absolute atomic E-state index is 0.253.